The highest BCUT2D eigenvalue weighted by Crippen LogP contribution is 2.39. The van der Waals surface area contributed by atoms with Crippen molar-refractivity contribution in [2.75, 3.05) is 34.9 Å². The summed E-state index contributed by atoms with van der Waals surface area (Å²) in [5.41, 5.74) is 2.48. The topological polar surface area (TPSA) is 80.7 Å². The number of benzene rings is 2. The number of ether oxygens (including phenoxy) is 3. The Morgan fingerprint density at radius 2 is 1.68 bits per heavy atom. The van der Waals surface area contributed by atoms with Crippen LogP contribution in [0.3, 0.4) is 0 Å². The van der Waals surface area contributed by atoms with Crippen molar-refractivity contribution < 1.29 is 23.8 Å². The summed E-state index contributed by atoms with van der Waals surface area (Å²) in [7, 11) is 6.51. The van der Waals surface area contributed by atoms with Gasteiger partial charge in [0.15, 0.2) is 0 Å². The Kier molecular flexibility index (Phi) is 7.05. The summed E-state index contributed by atoms with van der Waals surface area (Å²) in [5.74, 6) is 1.87. The third kappa shape index (κ3) is 4.71. The Hall–Kier alpha value is -3.55. The fourth-order valence-electron chi connectivity index (χ4n) is 4.36. The largest absolute Gasteiger partial charge is 0.497 e. The van der Waals surface area contributed by atoms with Gasteiger partial charge in [-0.05, 0) is 60.9 Å². The Morgan fingerprint density at radius 1 is 1.00 bits per heavy atom. The van der Waals surface area contributed by atoms with Crippen LogP contribution in [0.2, 0.25) is 0 Å². The van der Waals surface area contributed by atoms with Gasteiger partial charge in [-0.15, -0.1) is 0 Å². The lowest BCUT2D eigenvalue weighted by Gasteiger charge is -2.30. The molecule has 8 nitrogen and oxygen atoms in total. The molecule has 1 fully saturated rings. The molecule has 2 aromatic rings. The lowest BCUT2D eigenvalue weighted by atomic mass is 9.84. The second-order valence-electron chi connectivity index (χ2n) is 8.66. The summed E-state index contributed by atoms with van der Waals surface area (Å²) in [4.78, 5) is 27.6. The van der Waals surface area contributed by atoms with Gasteiger partial charge in [0, 0.05) is 24.9 Å². The SMILES string of the molecule is COc1ccc(C2=NN(C(=O)CN(C)C(=O)C3CCC3)C(c3cc(OC)ccc3OC)C2)cc1. The molecule has 1 unspecified atom stereocenters. The van der Waals surface area contributed by atoms with E-state index in [0.29, 0.717) is 17.9 Å². The zero-order valence-corrected chi connectivity index (χ0v) is 20.1. The number of hydrazone groups is 1. The van der Waals surface area contributed by atoms with Crippen LogP contribution >= 0.6 is 0 Å². The van der Waals surface area contributed by atoms with Crippen molar-refractivity contribution in [1.29, 1.82) is 0 Å². The van der Waals surface area contributed by atoms with Gasteiger partial charge in [-0.1, -0.05) is 6.42 Å². The number of amides is 2. The molecule has 1 saturated carbocycles. The molecule has 34 heavy (non-hydrogen) atoms. The lowest BCUT2D eigenvalue weighted by Crippen LogP contribution is -2.42. The van der Waals surface area contributed by atoms with E-state index >= 15 is 0 Å². The van der Waals surface area contributed by atoms with E-state index in [0.717, 1.165) is 41.9 Å². The first-order valence-corrected chi connectivity index (χ1v) is 11.5. The third-order valence-corrected chi connectivity index (χ3v) is 6.59. The highest BCUT2D eigenvalue weighted by molar-refractivity contribution is 6.03. The molecule has 1 atom stereocenters. The van der Waals surface area contributed by atoms with Crippen LogP contribution in [0.5, 0.6) is 17.2 Å². The van der Waals surface area contributed by atoms with Crippen LogP contribution in [-0.2, 0) is 9.59 Å². The molecule has 1 aliphatic heterocycles. The average Bonchev–Trinajstić information content (AvgIpc) is 3.28. The molecular formula is C26H31N3O5. The van der Waals surface area contributed by atoms with Crippen molar-refractivity contribution in [2.24, 2.45) is 11.0 Å². The first kappa shape index (κ1) is 23.6. The molecule has 0 bridgehead atoms. The first-order chi connectivity index (χ1) is 16.4. The maximum Gasteiger partial charge on any atom is 0.262 e. The number of likely N-dealkylation sites (N-methyl/N-ethyl adjacent to an activating group) is 1. The van der Waals surface area contributed by atoms with Gasteiger partial charge in [-0.3, -0.25) is 9.59 Å². The summed E-state index contributed by atoms with van der Waals surface area (Å²) >= 11 is 0. The molecule has 0 saturated heterocycles. The molecule has 2 aromatic carbocycles. The maximum absolute atomic E-state index is 13.4. The number of hydrogen-bond donors (Lipinski definition) is 0. The van der Waals surface area contributed by atoms with Gasteiger partial charge in [0.1, 0.15) is 23.8 Å². The van der Waals surface area contributed by atoms with Crippen LogP contribution in [0.25, 0.3) is 0 Å². The van der Waals surface area contributed by atoms with Crippen LogP contribution in [0.4, 0.5) is 0 Å². The van der Waals surface area contributed by atoms with Gasteiger partial charge in [0.05, 0.1) is 33.1 Å². The molecule has 2 amide bonds. The van der Waals surface area contributed by atoms with E-state index < -0.39 is 0 Å². The monoisotopic (exact) mass is 465 g/mol. The molecular weight excluding hydrogens is 434 g/mol. The molecule has 0 N–H and O–H groups in total. The number of methoxy groups -OCH3 is 3. The average molecular weight is 466 g/mol. The maximum atomic E-state index is 13.4. The van der Waals surface area contributed by atoms with Crippen molar-refractivity contribution in [1.82, 2.24) is 9.91 Å². The Labute approximate surface area is 200 Å². The Bertz CT molecular complexity index is 1080. The summed E-state index contributed by atoms with van der Waals surface area (Å²) < 4.78 is 16.3. The highest BCUT2D eigenvalue weighted by Gasteiger charge is 2.37. The van der Waals surface area contributed by atoms with Gasteiger partial charge in [0.2, 0.25) is 5.91 Å². The Morgan fingerprint density at radius 3 is 2.26 bits per heavy atom. The minimum Gasteiger partial charge on any atom is -0.497 e. The van der Waals surface area contributed by atoms with Gasteiger partial charge in [-0.25, -0.2) is 5.01 Å². The van der Waals surface area contributed by atoms with Crippen LogP contribution in [0, 0.1) is 5.92 Å². The zero-order valence-electron chi connectivity index (χ0n) is 20.1. The van der Waals surface area contributed by atoms with Crippen LogP contribution < -0.4 is 14.2 Å². The van der Waals surface area contributed by atoms with Gasteiger partial charge in [-0.2, -0.15) is 5.10 Å². The fraction of sp³-hybridized carbons (Fsp3) is 0.423. The highest BCUT2D eigenvalue weighted by atomic mass is 16.5. The number of rotatable bonds is 8. The first-order valence-electron chi connectivity index (χ1n) is 11.5. The van der Waals surface area contributed by atoms with Gasteiger partial charge < -0.3 is 19.1 Å². The molecule has 0 aromatic heterocycles. The number of hydrogen-bond acceptors (Lipinski definition) is 6. The predicted octanol–water partition coefficient (Wildman–Crippen LogP) is 3.65. The van der Waals surface area contributed by atoms with Crippen molar-refractivity contribution in [3.63, 3.8) is 0 Å². The number of carbonyl (C=O) groups is 2. The summed E-state index contributed by atoms with van der Waals surface area (Å²) in [6.07, 6.45) is 3.36. The molecule has 1 heterocycles. The second-order valence-corrected chi connectivity index (χ2v) is 8.66. The lowest BCUT2D eigenvalue weighted by molar-refractivity contribution is -0.144. The van der Waals surface area contributed by atoms with Crippen LogP contribution in [0.15, 0.2) is 47.6 Å². The summed E-state index contributed by atoms with van der Waals surface area (Å²) in [5, 5.41) is 6.21. The molecule has 180 valence electrons. The summed E-state index contributed by atoms with van der Waals surface area (Å²) in [6.45, 7) is -0.0302. The number of nitrogens with zero attached hydrogens (tertiary/aromatic N) is 3. The fourth-order valence-corrected chi connectivity index (χ4v) is 4.36. The van der Waals surface area contributed by atoms with Crippen LogP contribution in [-0.4, -0.2) is 62.4 Å². The summed E-state index contributed by atoms with van der Waals surface area (Å²) in [6, 6.07) is 12.7. The van der Waals surface area contributed by atoms with E-state index in [1.54, 1.807) is 28.4 Å². The van der Waals surface area contributed by atoms with Crippen molar-refractivity contribution in [3.05, 3.63) is 53.6 Å². The quantitative estimate of drug-likeness (QED) is 0.595. The van der Waals surface area contributed by atoms with Crippen LogP contribution in [0.1, 0.15) is 42.9 Å². The predicted molar refractivity (Wildman–Crippen MR) is 128 cm³/mol. The molecule has 2 aliphatic rings. The standard InChI is InChI=1S/C26H31N3O5/c1-28(26(31)18-6-5-7-18)16-25(30)29-23(21-14-20(33-3)12-13-24(21)34-4)15-22(27-29)17-8-10-19(32-2)11-9-17/h8-14,18,23H,5-7,15-16H2,1-4H3. The molecule has 0 spiro atoms. The van der Waals surface area contributed by atoms with E-state index in [2.05, 4.69) is 0 Å². The zero-order chi connectivity index (χ0) is 24.2. The molecule has 4 rings (SSSR count). The van der Waals surface area contributed by atoms with Gasteiger partial charge in [0.25, 0.3) is 5.91 Å². The van der Waals surface area contributed by atoms with E-state index in [4.69, 9.17) is 19.3 Å². The minimum absolute atomic E-state index is 0.0219. The van der Waals surface area contributed by atoms with E-state index in [-0.39, 0.29) is 30.3 Å². The van der Waals surface area contributed by atoms with Crippen molar-refractivity contribution in [2.45, 2.75) is 31.7 Å². The normalized spacial score (nSPS) is 17.6. The molecule has 8 heteroatoms. The van der Waals surface area contributed by atoms with Crippen molar-refractivity contribution in [3.8, 4) is 17.2 Å². The Balaban J connectivity index is 1.65. The molecule has 0 radical (unpaired) electrons. The van der Waals surface area contributed by atoms with E-state index in [9.17, 15) is 9.59 Å². The second kappa shape index (κ2) is 10.2. The van der Waals surface area contributed by atoms with Crippen molar-refractivity contribution >= 4 is 17.5 Å². The minimum atomic E-state index is -0.387. The van der Waals surface area contributed by atoms with Gasteiger partial charge >= 0.3 is 0 Å². The van der Waals surface area contributed by atoms with E-state index in [1.807, 2.05) is 42.5 Å². The smallest absolute Gasteiger partial charge is 0.262 e. The molecule has 1 aliphatic carbocycles. The van der Waals surface area contributed by atoms with E-state index in [1.165, 1.54) is 9.91 Å². The number of carbonyl (C=O) groups excluding carboxylic acids is 2. The third-order valence-electron chi connectivity index (χ3n) is 6.59.